The summed E-state index contributed by atoms with van der Waals surface area (Å²) in [5.41, 5.74) is 1.94. The fourth-order valence-electron chi connectivity index (χ4n) is 2.14. The lowest BCUT2D eigenvalue weighted by Gasteiger charge is -2.05. The van der Waals surface area contributed by atoms with Gasteiger partial charge in [0.05, 0.1) is 0 Å². The summed E-state index contributed by atoms with van der Waals surface area (Å²) in [6, 6.07) is 13.7. The first-order chi connectivity index (χ1) is 12.0. The molecular weight excluding hydrogens is 342 g/mol. The number of carbonyl (C=O) groups excluding carboxylic acids is 2. The number of amides is 1. The molecule has 1 N–H and O–H groups in total. The van der Waals surface area contributed by atoms with Crippen LogP contribution in [-0.2, 0) is 11.3 Å². The number of anilines is 1. The number of tetrazole rings is 1. The third kappa shape index (κ3) is 4.27. The first-order valence-electron chi connectivity index (χ1n) is 7.46. The number of benzene rings is 2. The summed E-state index contributed by atoms with van der Waals surface area (Å²) < 4.78 is 0. The van der Waals surface area contributed by atoms with E-state index in [1.165, 1.54) is 11.7 Å². The Labute approximate surface area is 148 Å². The van der Waals surface area contributed by atoms with Crippen molar-refractivity contribution in [3.63, 3.8) is 0 Å². The molecule has 1 heterocycles. The molecule has 0 fully saturated rings. The summed E-state index contributed by atoms with van der Waals surface area (Å²) in [6.07, 6.45) is 0. The van der Waals surface area contributed by atoms with E-state index in [2.05, 4.69) is 20.7 Å². The standard InChI is InChI=1S/C17H14ClN5O2/c1-11(24)12-4-8-15(9-5-12)19-16(25)10-23-21-17(20-22-23)13-2-6-14(18)7-3-13/h2-9H,10H2,1H3,(H,19,25). The second-order valence-corrected chi connectivity index (χ2v) is 5.77. The quantitative estimate of drug-likeness (QED) is 0.711. The van der Waals surface area contributed by atoms with Crippen LogP contribution in [0.3, 0.4) is 0 Å². The highest BCUT2D eigenvalue weighted by molar-refractivity contribution is 6.30. The van der Waals surface area contributed by atoms with Gasteiger partial charge in [-0.25, -0.2) is 0 Å². The Kier molecular flexibility index (Phi) is 4.85. The molecule has 0 unspecified atom stereocenters. The summed E-state index contributed by atoms with van der Waals surface area (Å²) >= 11 is 5.84. The molecule has 0 saturated heterocycles. The van der Waals surface area contributed by atoms with Gasteiger partial charge >= 0.3 is 0 Å². The minimum atomic E-state index is -0.296. The highest BCUT2D eigenvalue weighted by Crippen LogP contribution is 2.17. The predicted octanol–water partition coefficient (Wildman–Crippen LogP) is 2.83. The molecule has 3 rings (SSSR count). The molecule has 0 aliphatic carbocycles. The zero-order valence-corrected chi connectivity index (χ0v) is 14.1. The van der Waals surface area contributed by atoms with Crippen molar-refractivity contribution in [1.29, 1.82) is 0 Å². The van der Waals surface area contributed by atoms with Crippen LogP contribution in [-0.4, -0.2) is 31.9 Å². The third-order valence-electron chi connectivity index (χ3n) is 3.42. The van der Waals surface area contributed by atoms with Gasteiger partial charge in [-0.05, 0) is 60.7 Å². The van der Waals surface area contributed by atoms with Gasteiger partial charge in [-0.15, -0.1) is 10.2 Å². The SMILES string of the molecule is CC(=O)c1ccc(NC(=O)Cn2nnc(-c3ccc(Cl)cc3)n2)cc1. The smallest absolute Gasteiger partial charge is 0.248 e. The zero-order valence-electron chi connectivity index (χ0n) is 13.3. The number of nitrogens with zero attached hydrogens (tertiary/aromatic N) is 4. The number of rotatable bonds is 5. The fraction of sp³-hybridized carbons (Fsp3) is 0.118. The molecule has 25 heavy (non-hydrogen) atoms. The maximum absolute atomic E-state index is 12.1. The van der Waals surface area contributed by atoms with Crippen molar-refractivity contribution in [1.82, 2.24) is 20.2 Å². The number of nitrogens with one attached hydrogen (secondary N) is 1. The van der Waals surface area contributed by atoms with E-state index in [4.69, 9.17) is 11.6 Å². The van der Waals surface area contributed by atoms with Gasteiger partial charge in [0, 0.05) is 21.8 Å². The molecule has 1 aromatic heterocycles. The van der Waals surface area contributed by atoms with Crippen molar-refractivity contribution < 1.29 is 9.59 Å². The summed E-state index contributed by atoms with van der Waals surface area (Å²) in [5, 5.41) is 15.3. The molecule has 1 amide bonds. The van der Waals surface area contributed by atoms with Crippen molar-refractivity contribution in [3.05, 3.63) is 59.1 Å². The van der Waals surface area contributed by atoms with E-state index in [0.29, 0.717) is 22.1 Å². The van der Waals surface area contributed by atoms with E-state index in [-0.39, 0.29) is 18.2 Å². The second-order valence-electron chi connectivity index (χ2n) is 5.33. The largest absolute Gasteiger partial charge is 0.324 e. The Hall–Kier alpha value is -3.06. The fourth-order valence-corrected chi connectivity index (χ4v) is 2.27. The van der Waals surface area contributed by atoms with Crippen molar-refractivity contribution >= 4 is 29.0 Å². The van der Waals surface area contributed by atoms with Gasteiger partial charge in [-0.3, -0.25) is 9.59 Å². The molecule has 0 aliphatic rings. The molecule has 3 aromatic rings. The lowest BCUT2D eigenvalue weighted by Crippen LogP contribution is -2.20. The van der Waals surface area contributed by atoms with Crippen LogP contribution in [0, 0.1) is 0 Å². The molecule has 0 bridgehead atoms. The molecule has 0 spiro atoms. The Morgan fingerprint density at radius 2 is 1.76 bits per heavy atom. The second kappa shape index (κ2) is 7.23. The van der Waals surface area contributed by atoms with Gasteiger partial charge < -0.3 is 5.32 Å². The zero-order chi connectivity index (χ0) is 17.8. The number of halogens is 1. The van der Waals surface area contributed by atoms with Crippen molar-refractivity contribution in [2.45, 2.75) is 13.5 Å². The molecule has 126 valence electrons. The summed E-state index contributed by atoms with van der Waals surface area (Å²) in [5.74, 6) is 0.0883. The molecule has 0 atom stereocenters. The normalized spacial score (nSPS) is 10.5. The number of hydrogen-bond acceptors (Lipinski definition) is 5. The number of Topliss-reactive ketones (excluding diaryl/α,β-unsaturated/α-hetero) is 1. The minimum absolute atomic E-state index is 0.0283. The summed E-state index contributed by atoms with van der Waals surface area (Å²) in [6.45, 7) is 1.41. The van der Waals surface area contributed by atoms with E-state index in [1.807, 2.05) is 0 Å². The van der Waals surface area contributed by atoms with Gasteiger partial charge in [0.15, 0.2) is 5.78 Å². The monoisotopic (exact) mass is 355 g/mol. The molecule has 7 nitrogen and oxygen atoms in total. The van der Waals surface area contributed by atoms with Crippen molar-refractivity contribution in [2.75, 3.05) is 5.32 Å². The number of carbonyl (C=O) groups is 2. The Morgan fingerprint density at radius 3 is 2.40 bits per heavy atom. The minimum Gasteiger partial charge on any atom is -0.324 e. The van der Waals surface area contributed by atoms with Gasteiger partial charge in [-0.1, -0.05) is 11.6 Å². The van der Waals surface area contributed by atoms with E-state index in [9.17, 15) is 9.59 Å². The van der Waals surface area contributed by atoms with E-state index in [0.717, 1.165) is 5.56 Å². The topological polar surface area (TPSA) is 89.8 Å². The van der Waals surface area contributed by atoms with Crippen molar-refractivity contribution in [3.8, 4) is 11.4 Å². The molecule has 8 heteroatoms. The number of hydrogen-bond donors (Lipinski definition) is 1. The lowest BCUT2D eigenvalue weighted by atomic mass is 10.1. The highest BCUT2D eigenvalue weighted by atomic mass is 35.5. The molecular formula is C17H14ClN5O2. The predicted molar refractivity (Wildman–Crippen MR) is 93.3 cm³/mol. The molecule has 0 saturated carbocycles. The summed E-state index contributed by atoms with van der Waals surface area (Å²) in [4.78, 5) is 24.5. The average Bonchev–Trinajstić information content (AvgIpc) is 3.04. The Morgan fingerprint density at radius 1 is 1.08 bits per heavy atom. The molecule has 2 aromatic carbocycles. The van der Waals surface area contributed by atoms with Crippen LogP contribution in [0.1, 0.15) is 17.3 Å². The summed E-state index contributed by atoms with van der Waals surface area (Å²) in [7, 11) is 0. The Bertz CT molecular complexity index is 904. The van der Waals surface area contributed by atoms with Crippen LogP contribution in [0.2, 0.25) is 5.02 Å². The maximum Gasteiger partial charge on any atom is 0.248 e. The van der Waals surface area contributed by atoms with Crippen molar-refractivity contribution in [2.24, 2.45) is 0 Å². The number of ketones is 1. The van der Waals surface area contributed by atoms with E-state index in [1.54, 1.807) is 48.5 Å². The Balaban J connectivity index is 1.63. The van der Waals surface area contributed by atoms with Gasteiger partial charge in [0.1, 0.15) is 6.54 Å². The first kappa shape index (κ1) is 16.8. The van der Waals surface area contributed by atoms with Gasteiger partial charge in [-0.2, -0.15) is 4.80 Å². The lowest BCUT2D eigenvalue weighted by molar-refractivity contribution is -0.117. The number of aromatic nitrogens is 4. The average molecular weight is 356 g/mol. The van der Waals surface area contributed by atoms with Gasteiger partial charge in [0.25, 0.3) is 0 Å². The van der Waals surface area contributed by atoms with Crippen LogP contribution in [0.25, 0.3) is 11.4 Å². The van der Waals surface area contributed by atoms with E-state index < -0.39 is 0 Å². The van der Waals surface area contributed by atoms with Crippen LogP contribution in [0.5, 0.6) is 0 Å². The highest BCUT2D eigenvalue weighted by Gasteiger charge is 2.10. The molecule has 0 radical (unpaired) electrons. The third-order valence-corrected chi connectivity index (χ3v) is 3.67. The van der Waals surface area contributed by atoms with Crippen LogP contribution < -0.4 is 5.32 Å². The van der Waals surface area contributed by atoms with Crippen LogP contribution in [0.15, 0.2) is 48.5 Å². The van der Waals surface area contributed by atoms with Crippen LogP contribution in [0.4, 0.5) is 5.69 Å². The van der Waals surface area contributed by atoms with Crippen LogP contribution >= 0.6 is 11.6 Å². The molecule has 0 aliphatic heterocycles. The first-order valence-corrected chi connectivity index (χ1v) is 7.83. The maximum atomic E-state index is 12.1. The van der Waals surface area contributed by atoms with E-state index >= 15 is 0 Å². The van der Waals surface area contributed by atoms with Gasteiger partial charge in [0.2, 0.25) is 11.7 Å².